The van der Waals surface area contributed by atoms with E-state index in [1.807, 2.05) is 18.2 Å². The Morgan fingerprint density at radius 2 is 1.77 bits per heavy atom. The molecule has 3 rings (SSSR count). The van der Waals surface area contributed by atoms with Gasteiger partial charge in [-0.1, -0.05) is 59.6 Å². The van der Waals surface area contributed by atoms with Crippen molar-refractivity contribution in [3.63, 3.8) is 0 Å². The maximum absolute atomic E-state index is 12.2. The second-order valence-electron chi connectivity index (χ2n) is 5.90. The molecule has 26 heavy (non-hydrogen) atoms. The van der Waals surface area contributed by atoms with Gasteiger partial charge in [-0.2, -0.15) is 0 Å². The van der Waals surface area contributed by atoms with Gasteiger partial charge in [-0.15, -0.1) is 0 Å². The van der Waals surface area contributed by atoms with Gasteiger partial charge < -0.3 is 10.6 Å². The molecule has 0 atom stereocenters. The Hall–Kier alpha value is -2.92. The fourth-order valence-electron chi connectivity index (χ4n) is 2.34. The lowest BCUT2D eigenvalue weighted by Gasteiger charge is -2.08. The van der Waals surface area contributed by atoms with Crippen molar-refractivity contribution in [3.05, 3.63) is 88.3 Å². The summed E-state index contributed by atoms with van der Waals surface area (Å²) >= 11 is 6.08. The number of rotatable bonds is 6. The van der Waals surface area contributed by atoms with Crippen molar-refractivity contribution in [3.8, 4) is 0 Å². The summed E-state index contributed by atoms with van der Waals surface area (Å²) in [6.45, 7) is 3.04. The zero-order valence-corrected chi connectivity index (χ0v) is 15.1. The van der Waals surface area contributed by atoms with E-state index in [2.05, 4.69) is 51.8 Å². The highest BCUT2D eigenvalue weighted by atomic mass is 35.5. The van der Waals surface area contributed by atoms with E-state index in [0.717, 1.165) is 11.1 Å². The quantitative estimate of drug-likeness (QED) is 0.692. The van der Waals surface area contributed by atoms with Gasteiger partial charge in [0.25, 0.3) is 5.91 Å². The lowest BCUT2D eigenvalue weighted by atomic mass is 10.1. The van der Waals surface area contributed by atoms with Crippen molar-refractivity contribution < 1.29 is 4.79 Å². The number of carbonyl (C=O) groups excluding carboxylic acids is 1. The summed E-state index contributed by atoms with van der Waals surface area (Å²) in [6.07, 6.45) is 3.01. The fraction of sp³-hybridized carbons (Fsp3) is 0.150. The molecule has 6 heteroatoms. The van der Waals surface area contributed by atoms with E-state index in [1.165, 1.54) is 11.8 Å². The fourth-order valence-corrected chi connectivity index (χ4v) is 2.55. The number of hydrogen-bond donors (Lipinski definition) is 2. The number of aromatic nitrogens is 2. The number of aryl methyl sites for hydroxylation is 1. The van der Waals surface area contributed by atoms with E-state index in [0.29, 0.717) is 23.9 Å². The topological polar surface area (TPSA) is 66.9 Å². The molecule has 0 saturated carbocycles. The third kappa shape index (κ3) is 4.80. The molecule has 0 bridgehead atoms. The summed E-state index contributed by atoms with van der Waals surface area (Å²) in [7, 11) is 0. The molecule has 0 fully saturated rings. The third-order valence-electron chi connectivity index (χ3n) is 3.88. The number of nitrogens with zero attached hydrogens (tertiary/aromatic N) is 2. The van der Waals surface area contributed by atoms with E-state index < -0.39 is 0 Å². The first-order valence-corrected chi connectivity index (χ1v) is 8.62. The van der Waals surface area contributed by atoms with Gasteiger partial charge >= 0.3 is 0 Å². The van der Waals surface area contributed by atoms with Gasteiger partial charge in [-0.25, -0.2) is 9.97 Å². The van der Waals surface area contributed by atoms with Crippen LogP contribution < -0.4 is 10.6 Å². The molecule has 0 saturated heterocycles. The van der Waals surface area contributed by atoms with E-state index in [9.17, 15) is 4.79 Å². The largest absolute Gasteiger partial charge is 0.365 e. The number of hydrogen-bond acceptors (Lipinski definition) is 4. The van der Waals surface area contributed by atoms with Crippen molar-refractivity contribution in [2.24, 2.45) is 0 Å². The third-order valence-corrected chi connectivity index (χ3v) is 4.24. The van der Waals surface area contributed by atoms with Gasteiger partial charge in [0.1, 0.15) is 11.5 Å². The highest BCUT2D eigenvalue weighted by Gasteiger charge is 2.09. The Morgan fingerprint density at radius 3 is 2.46 bits per heavy atom. The first kappa shape index (κ1) is 17.9. The Morgan fingerprint density at radius 1 is 1.00 bits per heavy atom. The van der Waals surface area contributed by atoms with Crippen LogP contribution in [0.2, 0.25) is 5.02 Å². The van der Waals surface area contributed by atoms with Crippen LogP contribution >= 0.6 is 11.6 Å². The van der Waals surface area contributed by atoms with Crippen molar-refractivity contribution in [2.45, 2.75) is 20.0 Å². The maximum Gasteiger partial charge on any atom is 0.271 e. The summed E-state index contributed by atoms with van der Waals surface area (Å²) in [5.74, 6) is 0.329. The van der Waals surface area contributed by atoms with Crippen molar-refractivity contribution in [1.29, 1.82) is 0 Å². The van der Waals surface area contributed by atoms with E-state index in [-0.39, 0.29) is 11.6 Å². The van der Waals surface area contributed by atoms with Gasteiger partial charge in [0.05, 0.1) is 12.4 Å². The maximum atomic E-state index is 12.2. The van der Waals surface area contributed by atoms with Gasteiger partial charge in [0.15, 0.2) is 0 Å². The number of halogens is 1. The highest BCUT2D eigenvalue weighted by Crippen LogP contribution is 2.14. The smallest absolute Gasteiger partial charge is 0.271 e. The number of carbonyl (C=O) groups is 1. The van der Waals surface area contributed by atoms with Crippen LogP contribution in [0.25, 0.3) is 0 Å². The Labute approximate surface area is 157 Å². The number of amides is 1. The van der Waals surface area contributed by atoms with Crippen LogP contribution in [0.4, 0.5) is 5.82 Å². The monoisotopic (exact) mass is 366 g/mol. The average molecular weight is 367 g/mol. The Balaban J connectivity index is 1.54. The van der Waals surface area contributed by atoms with Crippen LogP contribution in [-0.2, 0) is 13.1 Å². The molecule has 1 amide bonds. The Bertz CT molecular complexity index is 879. The second kappa shape index (κ2) is 8.45. The summed E-state index contributed by atoms with van der Waals surface area (Å²) in [6, 6.07) is 15.6. The summed E-state index contributed by atoms with van der Waals surface area (Å²) in [4.78, 5) is 20.6. The predicted molar refractivity (Wildman–Crippen MR) is 103 cm³/mol. The lowest BCUT2D eigenvalue weighted by molar-refractivity contribution is 0.0945. The molecular formula is C20H19ClN4O. The molecule has 0 unspecified atom stereocenters. The van der Waals surface area contributed by atoms with E-state index >= 15 is 0 Å². The number of benzene rings is 2. The summed E-state index contributed by atoms with van der Waals surface area (Å²) in [5.41, 5.74) is 3.49. The predicted octanol–water partition coefficient (Wildman–Crippen LogP) is 3.98. The van der Waals surface area contributed by atoms with Crippen LogP contribution in [0.1, 0.15) is 27.2 Å². The van der Waals surface area contributed by atoms with Gasteiger partial charge in [-0.3, -0.25) is 4.79 Å². The molecule has 0 spiro atoms. The number of nitrogens with one attached hydrogen (secondary N) is 2. The van der Waals surface area contributed by atoms with Crippen molar-refractivity contribution >= 4 is 23.3 Å². The van der Waals surface area contributed by atoms with Crippen molar-refractivity contribution in [1.82, 2.24) is 15.3 Å². The normalized spacial score (nSPS) is 10.4. The van der Waals surface area contributed by atoms with Crippen LogP contribution in [0.15, 0.2) is 60.9 Å². The van der Waals surface area contributed by atoms with Gasteiger partial charge in [-0.05, 0) is 24.1 Å². The lowest BCUT2D eigenvalue weighted by Crippen LogP contribution is -2.24. The molecular weight excluding hydrogens is 348 g/mol. The minimum atomic E-state index is -0.289. The first-order valence-electron chi connectivity index (χ1n) is 8.25. The molecule has 0 aliphatic rings. The average Bonchev–Trinajstić information content (AvgIpc) is 2.67. The minimum Gasteiger partial charge on any atom is -0.365 e. The van der Waals surface area contributed by atoms with E-state index in [1.54, 1.807) is 12.3 Å². The van der Waals surface area contributed by atoms with Crippen LogP contribution in [0.3, 0.4) is 0 Å². The molecule has 132 valence electrons. The molecule has 2 N–H and O–H groups in total. The molecule has 5 nitrogen and oxygen atoms in total. The highest BCUT2D eigenvalue weighted by molar-refractivity contribution is 6.31. The standard InChI is InChI=1S/C20H19ClN4O/c1-14-6-8-15(9-7-14)10-23-19-13-22-18(12-24-19)20(26)25-11-16-4-2-3-5-17(16)21/h2-9,12-13H,10-11H2,1H3,(H,23,24)(H,25,26). The molecule has 0 aliphatic carbocycles. The van der Waals surface area contributed by atoms with Crippen LogP contribution in [-0.4, -0.2) is 15.9 Å². The molecule has 1 aromatic heterocycles. The molecule has 1 heterocycles. The molecule has 2 aromatic carbocycles. The minimum absolute atomic E-state index is 0.262. The zero-order valence-electron chi connectivity index (χ0n) is 14.4. The summed E-state index contributed by atoms with van der Waals surface area (Å²) < 4.78 is 0. The summed E-state index contributed by atoms with van der Waals surface area (Å²) in [5, 5.41) is 6.60. The van der Waals surface area contributed by atoms with Gasteiger partial charge in [0, 0.05) is 18.1 Å². The van der Waals surface area contributed by atoms with Gasteiger partial charge in [0.2, 0.25) is 0 Å². The first-order chi connectivity index (χ1) is 12.6. The SMILES string of the molecule is Cc1ccc(CNc2cnc(C(=O)NCc3ccccc3Cl)cn2)cc1. The van der Waals surface area contributed by atoms with Crippen molar-refractivity contribution in [2.75, 3.05) is 5.32 Å². The molecule has 3 aromatic rings. The molecule has 0 radical (unpaired) electrons. The van der Waals surface area contributed by atoms with Crippen LogP contribution in [0.5, 0.6) is 0 Å². The van der Waals surface area contributed by atoms with E-state index in [4.69, 9.17) is 11.6 Å². The second-order valence-corrected chi connectivity index (χ2v) is 6.31. The molecule has 0 aliphatic heterocycles. The Kier molecular flexibility index (Phi) is 5.81. The number of anilines is 1. The van der Waals surface area contributed by atoms with Crippen LogP contribution in [0, 0.1) is 6.92 Å². The zero-order chi connectivity index (χ0) is 18.4.